The molecule has 0 aliphatic carbocycles. The first-order chi connectivity index (χ1) is 9.99. The lowest BCUT2D eigenvalue weighted by Gasteiger charge is -2.26. The Morgan fingerprint density at radius 1 is 1.38 bits per heavy atom. The number of hydrogen-bond donors (Lipinski definition) is 1. The van der Waals surface area contributed by atoms with Gasteiger partial charge in [-0.3, -0.25) is 4.79 Å². The Hall–Kier alpha value is -2.74. The molecule has 0 aromatic heterocycles. The van der Waals surface area contributed by atoms with Crippen LogP contribution in [-0.2, 0) is 9.53 Å². The van der Waals surface area contributed by atoms with Gasteiger partial charge in [-0.15, -0.1) is 0 Å². The van der Waals surface area contributed by atoms with Gasteiger partial charge >= 0.3 is 0 Å². The first kappa shape index (κ1) is 14.7. The van der Waals surface area contributed by atoms with Crippen LogP contribution in [0.3, 0.4) is 0 Å². The molecule has 1 atom stereocenters. The number of nitriles is 1. The number of Topliss-reactive ketones (excluding diaryl/α,β-unsaturated/α-hetero) is 1. The molecule has 21 heavy (non-hydrogen) atoms. The number of allylic oxidation sites excluding steroid dienone is 3. The molecule has 1 aliphatic heterocycles. The maximum absolute atomic E-state index is 11.9. The number of carbonyl (C=O) groups is 1. The lowest BCUT2D eigenvalue weighted by atomic mass is 9.81. The number of benzene rings is 1. The molecule has 0 bridgehead atoms. The highest BCUT2D eigenvalue weighted by Crippen LogP contribution is 2.39. The fourth-order valence-corrected chi connectivity index (χ4v) is 2.47. The standard InChI is InChI=1S/C16H16N2O3/c1-9(19)14-10(2)21-16(18)13(8-17)15(14)11-4-6-12(20-3)7-5-11/h4-7,15H,18H2,1-3H3. The van der Waals surface area contributed by atoms with Crippen LogP contribution < -0.4 is 10.5 Å². The summed E-state index contributed by atoms with van der Waals surface area (Å²) >= 11 is 0. The van der Waals surface area contributed by atoms with Crippen LogP contribution in [0, 0.1) is 11.3 Å². The smallest absolute Gasteiger partial charge is 0.205 e. The van der Waals surface area contributed by atoms with Gasteiger partial charge in [0.15, 0.2) is 5.78 Å². The number of methoxy groups -OCH3 is 1. The fourth-order valence-electron chi connectivity index (χ4n) is 2.47. The predicted octanol–water partition coefficient (Wildman–Crippen LogP) is 2.37. The van der Waals surface area contributed by atoms with E-state index in [1.807, 2.05) is 18.2 Å². The number of ether oxygens (including phenoxy) is 2. The second kappa shape index (κ2) is 5.71. The first-order valence-corrected chi connectivity index (χ1v) is 6.42. The minimum absolute atomic E-state index is 0.0424. The highest BCUT2D eigenvalue weighted by atomic mass is 16.5. The average Bonchev–Trinajstić information content (AvgIpc) is 2.46. The fraction of sp³-hybridized carbons (Fsp3) is 0.250. The third-order valence-corrected chi connectivity index (χ3v) is 3.43. The van der Waals surface area contributed by atoms with E-state index in [2.05, 4.69) is 0 Å². The van der Waals surface area contributed by atoms with Crippen LogP contribution in [0.25, 0.3) is 0 Å². The van der Waals surface area contributed by atoms with Gasteiger partial charge in [0.2, 0.25) is 5.88 Å². The van der Waals surface area contributed by atoms with Crippen molar-refractivity contribution >= 4 is 5.78 Å². The lowest BCUT2D eigenvalue weighted by molar-refractivity contribution is -0.114. The average molecular weight is 284 g/mol. The molecule has 0 amide bonds. The van der Waals surface area contributed by atoms with Gasteiger partial charge in [-0.05, 0) is 31.5 Å². The Balaban J connectivity index is 2.59. The Bertz CT molecular complexity index is 678. The van der Waals surface area contributed by atoms with E-state index in [1.165, 1.54) is 6.92 Å². The minimum atomic E-state index is -0.507. The van der Waals surface area contributed by atoms with Crippen molar-refractivity contribution in [2.45, 2.75) is 19.8 Å². The Kier molecular flexibility index (Phi) is 3.99. The SMILES string of the molecule is COc1ccc(C2C(C#N)=C(N)OC(C)=C2C(C)=O)cc1. The molecule has 5 nitrogen and oxygen atoms in total. The second-order valence-electron chi connectivity index (χ2n) is 4.72. The van der Waals surface area contributed by atoms with E-state index in [4.69, 9.17) is 15.2 Å². The third kappa shape index (κ3) is 2.61. The topological polar surface area (TPSA) is 85.3 Å². The molecule has 0 saturated carbocycles. The van der Waals surface area contributed by atoms with Crippen LogP contribution >= 0.6 is 0 Å². The molecule has 0 fully saturated rings. The molecule has 0 spiro atoms. The molecule has 2 rings (SSSR count). The number of ketones is 1. The van der Waals surface area contributed by atoms with Gasteiger partial charge in [0.25, 0.3) is 0 Å². The zero-order chi connectivity index (χ0) is 15.6. The number of hydrogen-bond acceptors (Lipinski definition) is 5. The van der Waals surface area contributed by atoms with E-state index in [9.17, 15) is 10.1 Å². The Labute approximate surface area is 123 Å². The molecule has 0 radical (unpaired) electrons. The number of carbonyl (C=O) groups excluding carboxylic acids is 1. The van der Waals surface area contributed by atoms with Crippen LogP contribution in [0.2, 0.25) is 0 Å². The van der Waals surface area contributed by atoms with Gasteiger partial charge in [0.05, 0.1) is 13.0 Å². The van der Waals surface area contributed by atoms with Crippen molar-refractivity contribution < 1.29 is 14.3 Å². The predicted molar refractivity (Wildman–Crippen MR) is 77.0 cm³/mol. The number of rotatable bonds is 3. The van der Waals surface area contributed by atoms with Crippen molar-refractivity contribution in [3.8, 4) is 11.8 Å². The van der Waals surface area contributed by atoms with Crippen molar-refractivity contribution in [2.75, 3.05) is 7.11 Å². The summed E-state index contributed by atoms with van der Waals surface area (Å²) in [7, 11) is 1.58. The first-order valence-electron chi connectivity index (χ1n) is 6.42. The van der Waals surface area contributed by atoms with Crippen LogP contribution in [0.5, 0.6) is 5.75 Å². The van der Waals surface area contributed by atoms with Gasteiger partial charge in [-0.25, -0.2) is 0 Å². The van der Waals surface area contributed by atoms with E-state index in [0.29, 0.717) is 17.1 Å². The van der Waals surface area contributed by atoms with Crippen molar-refractivity contribution in [1.29, 1.82) is 5.26 Å². The van der Waals surface area contributed by atoms with E-state index < -0.39 is 5.92 Å². The van der Waals surface area contributed by atoms with Gasteiger partial charge in [-0.1, -0.05) is 12.1 Å². The van der Waals surface area contributed by atoms with Gasteiger partial charge < -0.3 is 15.2 Å². The van der Waals surface area contributed by atoms with Crippen molar-refractivity contribution in [1.82, 2.24) is 0 Å². The number of nitrogens with two attached hydrogens (primary N) is 1. The van der Waals surface area contributed by atoms with Gasteiger partial charge in [0.1, 0.15) is 23.2 Å². The van der Waals surface area contributed by atoms with Gasteiger partial charge in [-0.2, -0.15) is 5.26 Å². The largest absolute Gasteiger partial charge is 0.497 e. The summed E-state index contributed by atoms with van der Waals surface area (Å²) in [5.74, 6) is 0.521. The van der Waals surface area contributed by atoms with E-state index in [-0.39, 0.29) is 17.2 Å². The summed E-state index contributed by atoms with van der Waals surface area (Å²) in [6.45, 7) is 3.13. The van der Waals surface area contributed by atoms with Crippen LogP contribution in [0.4, 0.5) is 0 Å². The molecular formula is C16H16N2O3. The molecule has 0 saturated heterocycles. The maximum Gasteiger partial charge on any atom is 0.205 e. The molecular weight excluding hydrogens is 268 g/mol. The molecule has 1 unspecified atom stereocenters. The second-order valence-corrected chi connectivity index (χ2v) is 4.72. The zero-order valence-electron chi connectivity index (χ0n) is 12.1. The summed E-state index contributed by atoms with van der Waals surface area (Å²) < 4.78 is 10.5. The van der Waals surface area contributed by atoms with E-state index >= 15 is 0 Å². The molecule has 2 N–H and O–H groups in total. The third-order valence-electron chi connectivity index (χ3n) is 3.43. The molecule has 1 aromatic rings. The summed E-state index contributed by atoms with van der Waals surface area (Å²) in [6, 6.07) is 9.24. The van der Waals surface area contributed by atoms with Gasteiger partial charge in [0, 0.05) is 5.57 Å². The zero-order valence-corrected chi connectivity index (χ0v) is 12.1. The summed E-state index contributed by atoms with van der Waals surface area (Å²) in [5, 5.41) is 9.35. The monoisotopic (exact) mass is 284 g/mol. The molecule has 1 aromatic carbocycles. The Morgan fingerprint density at radius 3 is 2.48 bits per heavy atom. The Morgan fingerprint density at radius 2 is 2.00 bits per heavy atom. The van der Waals surface area contributed by atoms with Crippen LogP contribution in [0.1, 0.15) is 25.3 Å². The van der Waals surface area contributed by atoms with Crippen molar-refractivity contribution in [3.05, 3.63) is 52.6 Å². The van der Waals surface area contributed by atoms with Crippen molar-refractivity contribution in [3.63, 3.8) is 0 Å². The highest BCUT2D eigenvalue weighted by molar-refractivity contribution is 5.96. The summed E-state index contributed by atoms with van der Waals surface area (Å²) in [5.41, 5.74) is 7.28. The normalized spacial score (nSPS) is 18.1. The van der Waals surface area contributed by atoms with Crippen LogP contribution in [-0.4, -0.2) is 12.9 Å². The number of nitrogens with zero attached hydrogens (tertiary/aromatic N) is 1. The van der Waals surface area contributed by atoms with E-state index in [1.54, 1.807) is 26.2 Å². The van der Waals surface area contributed by atoms with Crippen molar-refractivity contribution in [2.24, 2.45) is 5.73 Å². The summed E-state index contributed by atoms with van der Waals surface area (Å²) in [4.78, 5) is 11.9. The summed E-state index contributed by atoms with van der Waals surface area (Å²) in [6.07, 6.45) is 0. The molecule has 1 heterocycles. The lowest BCUT2D eigenvalue weighted by Crippen LogP contribution is -2.23. The van der Waals surface area contributed by atoms with Crippen LogP contribution in [0.15, 0.2) is 47.1 Å². The molecule has 5 heteroatoms. The van der Waals surface area contributed by atoms with E-state index in [0.717, 1.165) is 5.56 Å². The quantitative estimate of drug-likeness (QED) is 0.921. The maximum atomic E-state index is 11.9. The molecule has 108 valence electrons. The highest BCUT2D eigenvalue weighted by Gasteiger charge is 2.33. The molecule has 1 aliphatic rings. The minimum Gasteiger partial charge on any atom is -0.497 e.